The second-order valence-corrected chi connectivity index (χ2v) is 4.33. The number of aromatic amines is 1. The standard InChI is InChI=1S/C13H18N4/c1-9(3-5-14)13-16-10(2)7-12(17-13)11-4-6-15-8-11/h4,6-9,15H,3,5,14H2,1-2H3. The quantitative estimate of drug-likeness (QED) is 0.846. The summed E-state index contributed by atoms with van der Waals surface area (Å²) in [5, 5.41) is 0. The average molecular weight is 230 g/mol. The van der Waals surface area contributed by atoms with Gasteiger partial charge in [-0.2, -0.15) is 0 Å². The summed E-state index contributed by atoms with van der Waals surface area (Å²) in [6.45, 7) is 4.77. The molecule has 4 nitrogen and oxygen atoms in total. The molecule has 0 fully saturated rings. The predicted octanol–water partition coefficient (Wildman–Crippen LogP) is 2.23. The van der Waals surface area contributed by atoms with Crippen molar-refractivity contribution >= 4 is 0 Å². The number of nitrogens with zero attached hydrogens (tertiary/aromatic N) is 2. The number of aromatic nitrogens is 3. The Kier molecular flexibility index (Phi) is 3.54. The molecule has 0 spiro atoms. The SMILES string of the molecule is Cc1cc(-c2cc[nH]c2)nc(C(C)CCN)n1. The molecular weight excluding hydrogens is 212 g/mol. The number of hydrogen-bond donors (Lipinski definition) is 2. The van der Waals surface area contributed by atoms with Gasteiger partial charge in [0, 0.05) is 29.6 Å². The van der Waals surface area contributed by atoms with Crippen LogP contribution in [0.3, 0.4) is 0 Å². The van der Waals surface area contributed by atoms with Gasteiger partial charge in [-0.25, -0.2) is 9.97 Å². The van der Waals surface area contributed by atoms with E-state index in [0.29, 0.717) is 12.5 Å². The van der Waals surface area contributed by atoms with Gasteiger partial charge in [0.05, 0.1) is 5.69 Å². The van der Waals surface area contributed by atoms with Crippen LogP contribution in [0.15, 0.2) is 24.5 Å². The molecule has 0 aliphatic rings. The Morgan fingerprint density at radius 3 is 2.88 bits per heavy atom. The minimum absolute atomic E-state index is 0.303. The summed E-state index contributed by atoms with van der Waals surface area (Å²) in [5.41, 5.74) is 8.64. The minimum atomic E-state index is 0.303. The Morgan fingerprint density at radius 1 is 1.41 bits per heavy atom. The van der Waals surface area contributed by atoms with E-state index in [4.69, 9.17) is 5.73 Å². The molecular formula is C13H18N4. The molecule has 0 amide bonds. The Hall–Kier alpha value is -1.68. The van der Waals surface area contributed by atoms with Crippen molar-refractivity contribution in [3.63, 3.8) is 0 Å². The van der Waals surface area contributed by atoms with Crippen LogP contribution in [-0.2, 0) is 0 Å². The van der Waals surface area contributed by atoms with E-state index in [1.807, 2.05) is 31.5 Å². The molecule has 1 atom stereocenters. The lowest BCUT2D eigenvalue weighted by Gasteiger charge is -2.10. The van der Waals surface area contributed by atoms with Crippen molar-refractivity contribution in [1.82, 2.24) is 15.0 Å². The maximum absolute atomic E-state index is 5.58. The lowest BCUT2D eigenvalue weighted by atomic mass is 10.1. The molecule has 0 aromatic carbocycles. The fourth-order valence-electron chi connectivity index (χ4n) is 1.82. The van der Waals surface area contributed by atoms with E-state index in [2.05, 4.69) is 21.9 Å². The molecule has 0 aliphatic carbocycles. The van der Waals surface area contributed by atoms with Crippen LogP contribution in [0.25, 0.3) is 11.3 Å². The van der Waals surface area contributed by atoms with E-state index in [1.54, 1.807) is 0 Å². The molecule has 3 N–H and O–H groups in total. The first-order valence-electron chi connectivity index (χ1n) is 5.89. The largest absolute Gasteiger partial charge is 0.367 e. The van der Waals surface area contributed by atoms with E-state index in [9.17, 15) is 0 Å². The van der Waals surface area contributed by atoms with Crippen molar-refractivity contribution in [3.05, 3.63) is 36.0 Å². The van der Waals surface area contributed by atoms with Crippen molar-refractivity contribution < 1.29 is 0 Å². The lowest BCUT2D eigenvalue weighted by Crippen LogP contribution is -2.09. The van der Waals surface area contributed by atoms with Crippen LogP contribution in [-0.4, -0.2) is 21.5 Å². The molecule has 0 saturated carbocycles. The number of nitrogens with two attached hydrogens (primary N) is 1. The molecule has 2 rings (SSSR count). The molecule has 0 saturated heterocycles. The van der Waals surface area contributed by atoms with Crippen LogP contribution in [0.1, 0.15) is 30.8 Å². The molecule has 2 heterocycles. The normalized spacial score (nSPS) is 12.6. The number of rotatable bonds is 4. The number of nitrogens with one attached hydrogen (secondary N) is 1. The van der Waals surface area contributed by atoms with Crippen molar-refractivity contribution in [2.45, 2.75) is 26.2 Å². The Morgan fingerprint density at radius 2 is 2.24 bits per heavy atom. The summed E-state index contributed by atoms with van der Waals surface area (Å²) in [7, 11) is 0. The smallest absolute Gasteiger partial charge is 0.132 e. The Bertz CT molecular complexity index is 476. The van der Waals surface area contributed by atoms with Gasteiger partial charge < -0.3 is 10.7 Å². The molecule has 90 valence electrons. The van der Waals surface area contributed by atoms with E-state index in [1.165, 1.54) is 0 Å². The topological polar surface area (TPSA) is 67.6 Å². The molecule has 1 unspecified atom stereocenters. The van der Waals surface area contributed by atoms with E-state index < -0.39 is 0 Å². The van der Waals surface area contributed by atoms with E-state index in [-0.39, 0.29) is 0 Å². The predicted molar refractivity (Wildman–Crippen MR) is 68.6 cm³/mol. The summed E-state index contributed by atoms with van der Waals surface area (Å²) in [6.07, 6.45) is 4.75. The molecule has 0 aliphatic heterocycles. The zero-order valence-electron chi connectivity index (χ0n) is 10.3. The van der Waals surface area contributed by atoms with Gasteiger partial charge in [-0.15, -0.1) is 0 Å². The average Bonchev–Trinajstić information content (AvgIpc) is 2.82. The second kappa shape index (κ2) is 5.10. The van der Waals surface area contributed by atoms with Gasteiger partial charge in [-0.1, -0.05) is 6.92 Å². The number of aryl methyl sites for hydroxylation is 1. The zero-order chi connectivity index (χ0) is 12.3. The van der Waals surface area contributed by atoms with Crippen LogP contribution in [0, 0.1) is 6.92 Å². The first-order chi connectivity index (χ1) is 8.20. The van der Waals surface area contributed by atoms with Crippen molar-refractivity contribution in [3.8, 4) is 11.3 Å². The van der Waals surface area contributed by atoms with Gasteiger partial charge in [0.1, 0.15) is 5.82 Å². The molecule has 2 aromatic heterocycles. The molecule has 17 heavy (non-hydrogen) atoms. The Balaban J connectivity index is 2.36. The summed E-state index contributed by atoms with van der Waals surface area (Å²) >= 11 is 0. The first-order valence-corrected chi connectivity index (χ1v) is 5.89. The fourth-order valence-corrected chi connectivity index (χ4v) is 1.82. The fraction of sp³-hybridized carbons (Fsp3) is 0.385. The third-order valence-corrected chi connectivity index (χ3v) is 2.81. The molecule has 4 heteroatoms. The number of hydrogen-bond acceptors (Lipinski definition) is 3. The third kappa shape index (κ3) is 2.71. The maximum atomic E-state index is 5.58. The van der Waals surface area contributed by atoms with Gasteiger partial charge >= 0.3 is 0 Å². The first kappa shape index (κ1) is 11.8. The molecule has 0 radical (unpaired) electrons. The summed E-state index contributed by atoms with van der Waals surface area (Å²) in [6, 6.07) is 4.01. The van der Waals surface area contributed by atoms with E-state index >= 15 is 0 Å². The summed E-state index contributed by atoms with van der Waals surface area (Å²) < 4.78 is 0. The van der Waals surface area contributed by atoms with Crippen LogP contribution in [0.4, 0.5) is 0 Å². The van der Waals surface area contributed by atoms with Crippen LogP contribution >= 0.6 is 0 Å². The molecule has 2 aromatic rings. The third-order valence-electron chi connectivity index (χ3n) is 2.81. The Labute approximate surface area is 101 Å². The van der Waals surface area contributed by atoms with Gasteiger partial charge in [-0.3, -0.25) is 0 Å². The minimum Gasteiger partial charge on any atom is -0.367 e. The van der Waals surface area contributed by atoms with Gasteiger partial charge in [-0.05, 0) is 32.0 Å². The zero-order valence-corrected chi connectivity index (χ0v) is 10.3. The highest BCUT2D eigenvalue weighted by Crippen LogP contribution is 2.21. The van der Waals surface area contributed by atoms with Gasteiger partial charge in [0.2, 0.25) is 0 Å². The highest BCUT2D eigenvalue weighted by atomic mass is 14.9. The van der Waals surface area contributed by atoms with Crippen molar-refractivity contribution in [2.24, 2.45) is 5.73 Å². The van der Waals surface area contributed by atoms with Crippen LogP contribution < -0.4 is 5.73 Å². The highest BCUT2D eigenvalue weighted by molar-refractivity contribution is 5.58. The van der Waals surface area contributed by atoms with Crippen molar-refractivity contribution in [1.29, 1.82) is 0 Å². The summed E-state index contributed by atoms with van der Waals surface area (Å²) in [4.78, 5) is 12.1. The molecule has 0 bridgehead atoms. The lowest BCUT2D eigenvalue weighted by molar-refractivity contribution is 0.645. The highest BCUT2D eigenvalue weighted by Gasteiger charge is 2.11. The van der Waals surface area contributed by atoms with E-state index in [0.717, 1.165) is 29.2 Å². The van der Waals surface area contributed by atoms with Gasteiger partial charge in [0.15, 0.2) is 0 Å². The van der Waals surface area contributed by atoms with Crippen LogP contribution in [0.5, 0.6) is 0 Å². The second-order valence-electron chi connectivity index (χ2n) is 4.33. The summed E-state index contributed by atoms with van der Waals surface area (Å²) in [5.74, 6) is 1.18. The number of H-pyrrole nitrogens is 1. The van der Waals surface area contributed by atoms with Crippen molar-refractivity contribution in [2.75, 3.05) is 6.54 Å². The van der Waals surface area contributed by atoms with Crippen LogP contribution in [0.2, 0.25) is 0 Å². The monoisotopic (exact) mass is 230 g/mol. The maximum Gasteiger partial charge on any atom is 0.132 e. The van der Waals surface area contributed by atoms with Gasteiger partial charge in [0.25, 0.3) is 0 Å².